The maximum atomic E-state index is 13.5. The lowest BCUT2D eigenvalue weighted by molar-refractivity contribution is -0.123. The molecule has 18 heavy (non-hydrogen) atoms. The van der Waals surface area contributed by atoms with Gasteiger partial charge in [0.15, 0.2) is 0 Å². The van der Waals surface area contributed by atoms with Gasteiger partial charge in [-0.2, -0.15) is 0 Å². The summed E-state index contributed by atoms with van der Waals surface area (Å²) in [6.07, 6.45) is 0.663. The van der Waals surface area contributed by atoms with Crippen LogP contribution in [0.2, 0.25) is 0 Å². The third-order valence-electron chi connectivity index (χ3n) is 3.17. The van der Waals surface area contributed by atoms with Crippen molar-refractivity contribution in [2.75, 3.05) is 18.0 Å². The Balaban J connectivity index is 2.34. The minimum absolute atomic E-state index is 0.0291. The van der Waals surface area contributed by atoms with Gasteiger partial charge in [0, 0.05) is 18.8 Å². The van der Waals surface area contributed by atoms with Gasteiger partial charge >= 0.3 is 0 Å². The first-order chi connectivity index (χ1) is 8.65. The SMILES string of the molecule is CCC1C(=O)NCCN1c1cc(F)cc(CO)c1. The van der Waals surface area contributed by atoms with Crippen molar-refractivity contribution in [3.63, 3.8) is 0 Å². The van der Waals surface area contributed by atoms with E-state index in [2.05, 4.69) is 5.32 Å². The van der Waals surface area contributed by atoms with Gasteiger partial charge < -0.3 is 15.3 Å². The van der Waals surface area contributed by atoms with Crippen molar-refractivity contribution in [1.29, 1.82) is 0 Å². The van der Waals surface area contributed by atoms with Crippen LogP contribution in [0.15, 0.2) is 18.2 Å². The lowest BCUT2D eigenvalue weighted by Crippen LogP contribution is -2.55. The van der Waals surface area contributed by atoms with Crippen molar-refractivity contribution in [3.8, 4) is 0 Å². The van der Waals surface area contributed by atoms with E-state index in [1.165, 1.54) is 12.1 Å². The van der Waals surface area contributed by atoms with Crippen LogP contribution in [0.1, 0.15) is 18.9 Å². The molecular weight excluding hydrogens is 235 g/mol. The summed E-state index contributed by atoms with van der Waals surface area (Å²) >= 11 is 0. The van der Waals surface area contributed by atoms with Gasteiger partial charge in [0.05, 0.1) is 6.61 Å². The number of amides is 1. The number of anilines is 1. The Morgan fingerprint density at radius 2 is 2.28 bits per heavy atom. The highest BCUT2D eigenvalue weighted by atomic mass is 19.1. The summed E-state index contributed by atoms with van der Waals surface area (Å²) in [5.74, 6) is -0.420. The fourth-order valence-corrected chi connectivity index (χ4v) is 2.32. The van der Waals surface area contributed by atoms with E-state index in [9.17, 15) is 9.18 Å². The molecule has 2 rings (SSSR count). The summed E-state index contributed by atoms with van der Waals surface area (Å²) in [7, 11) is 0. The number of aliphatic hydroxyl groups excluding tert-OH is 1. The molecule has 0 aliphatic carbocycles. The molecule has 0 radical (unpaired) electrons. The largest absolute Gasteiger partial charge is 0.392 e. The van der Waals surface area contributed by atoms with E-state index in [0.29, 0.717) is 30.8 Å². The maximum Gasteiger partial charge on any atom is 0.242 e. The molecule has 1 atom stereocenters. The van der Waals surface area contributed by atoms with E-state index in [1.807, 2.05) is 11.8 Å². The van der Waals surface area contributed by atoms with Crippen LogP contribution in [-0.2, 0) is 11.4 Å². The number of piperazine rings is 1. The molecule has 5 heteroatoms. The standard InChI is InChI=1S/C13H17FN2O2/c1-2-12-13(18)15-3-4-16(12)11-6-9(8-17)5-10(14)7-11/h5-7,12,17H,2-4,8H2,1H3,(H,15,18). The third-order valence-corrected chi connectivity index (χ3v) is 3.17. The first-order valence-electron chi connectivity index (χ1n) is 6.10. The summed E-state index contributed by atoms with van der Waals surface area (Å²) < 4.78 is 13.5. The average molecular weight is 252 g/mol. The summed E-state index contributed by atoms with van der Waals surface area (Å²) in [6.45, 7) is 2.93. The van der Waals surface area contributed by atoms with Gasteiger partial charge in [-0.05, 0) is 30.2 Å². The van der Waals surface area contributed by atoms with Crippen molar-refractivity contribution in [1.82, 2.24) is 5.32 Å². The number of nitrogens with zero attached hydrogens (tertiary/aromatic N) is 1. The Morgan fingerprint density at radius 1 is 1.50 bits per heavy atom. The van der Waals surface area contributed by atoms with Gasteiger partial charge in [-0.25, -0.2) is 4.39 Å². The Morgan fingerprint density at radius 3 is 2.94 bits per heavy atom. The molecule has 1 fully saturated rings. The highest BCUT2D eigenvalue weighted by molar-refractivity contribution is 5.86. The van der Waals surface area contributed by atoms with Crippen LogP contribution < -0.4 is 10.2 Å². The highest BCUT2D eigenvalue weighted by Crippen LogP contribution is 2.23. The minimum atomic E-state index is -0.391. The molecule has 0 saturated carbocycles. The zero-order chi connectivity index (χ0) is 13.1. The first kappa shape index (κ1) is 12.8. The quantitative estimate of drug-likeness (QED) is 0.845. The number of hydrogen-bond donors (Lipinski definition) is 2. The number of rotatable bonds is 3. The van der Waals surface area contributed by atoms with Crippen molar-refractivity contribution in [2.45, 2.75) is 26.0 Å². The predicted molar refractivity (Wildman–Crippen MR) is 66.8 cm³/mol. The topological polar surface area (TPSA) is 52.6 Å². The number of hydrogen-bond acceptors (Lipinski definition) is 3. The molecule has 98 valence electrons. The number of halogens is 1. The van der Waals surface area contributed by atoms with Crippen molar-refractivity contribution in [2.24, 2.45) is 0 Å². The summed E-state index contributed by atoms with van der Waals surface area (Å²) in [6, 6.07) is 4.16. The van der Waals surface area contributed by atoms with Gasteiger partial charge in [0.1, 0.15) is 11.9 Å². The van der Waals surface area contributed by atoms with Gasteiger partial charge in [0.2, 0.25) is 5.91 Å². The lowest BCUT2D eigenvalue weighted by atomic mass is 10.1. The van der Waals surface area contributed by atoms with Crippen LogP contribution in [-0.4, -0.2) is 30.1 Å². The van der Waals surface area contributed by atoms with Crippen molar-refractivity contribution >= 4 is 11.6 Å². The Labute approximate surface area is 105 Å². The monoisotopic (exact) mass is 252 g/mol. The zero-order valence-corrected chi connectivity index (χ0v) is 10.3. The van der Waals surface area contributed by atoms with Crippen LogP contribution in [0.25, 0.3) is 0 Å². The van der Waals surface area contributed by atoms with E-state index in [4.69, 9.17) is 5.11 Å². The smallest absolute Gasteiger partial charge is 0.242 e. The van der Waals surface area contributed by atoms with Crippen LogP contribution in [0.5, 0.6) is 0 Å². The van der Waals surface area contributed by atoms with Crippen LogP contribution in [0, 0.1) is 5.82 Å². The molecule has 1 heterocycles. The number of benzene rings is 1. The fourth-order valence-electron chi connectivity index (χ4n) is 2.32. The lowest BCUT2D eigenvalue weighted by Gasteiger charge is -2.36. The number of carbonyl (C=O) groups is 1. The van der Waals surface area contributed by atoms with E-state index in [1.54, 1.807) is 6.07 Å². The van der Waals surface area contributed by atoms with E-state index >= 15 is 0 Å². The second kappa shape index (κ2) is 5.35. The van der Waals surface area contributed by atoms with E-state index in [0.717, 1.165) is 0 Å². The molecule has 1 aliphatic heterocycles. The predicted octanol–water partition coefficient (Wildman–Crippen LogP) is 1.03. The van der Waals surface area contributed by atoms with Gasteiger partial charge in [-0.1, -0.05) is 6.92 Å². The summed E-state index contributed by atoms with van der Waals surface area (Å²) in [5.41, 5.74) is 1.17. The summed E-state index contributed by atoms with van der Waals surface area (Å²) in [4.78, 5) is 13.6. The third kappa shape index (κ3) is 2.46. The highest BCUT2D eigenvalue weighted by Gasteiger charge is 2.28. The molecule has 2 N–H and O–H groups in total. The molecule has 1 unspecified atom stereocenters. The molecular formula is C13H17FN2O2. The maximum absolute atomic E-state index is 13.5. The summed E-state index contributed by atoms with van der Waals surface area (Å²) in [5, 5.41) is 11.9. The Kier molecular flexibility index (Phi) is 3.81. The molecule has 0 spiro atoms. The fraction of sp³-hybridized carbons (Fsp3) is 0.462. The zero-order valence-electron chi connectivity index (χ0n) is 10.3. The minimum Gasteiger partial charge on any atom is -0.392 e. The molecule has 1 amide bonds. The van der Waals surface area contributed by atoms with Crippen LogP contribution >= 0.6 is 0 Å². The molecule has 0 bridgehead atoms. The van der Waals surface area contributed by atoms with Gasteiger partial charge in [0.25, 0.3) is 0 Å². The Bertz CT molecular complexity index is 451. The van der Waals surface area contributed by atoms with Crippen molar-refractivity contribution < 1.29 is 14.3 Å². The molecule has 1 aliphatic rings. The normalized spacial score (nSPS) is 19.8. The second-order valence-corrected chi connectivity index (χ2v) is 4.38. The molecule has 4 nitrogen and oxygen atoms in total. The van der Waals surface area contributed by atoms with Gasteiger partial charge in [-0.3, -0.25) is 4.79 Å². The van der Waals surface area contributed by atoms with Crippen molar-refractivity contribution in [3.05, 3.63) is 29.6 Å². The molecule has 1 saturated heterocycles. The van der Waals surface area contributed by atoms with E-state index < -0.39 is 5.82 Å². The molecule has 0 aromatic heterocycles. The van der Waals surface area contributed by atoms with E-state index in [-0.39, 0.29) is 18.6 Å². The number of aliphatic hydroxyl groups is 1. The Hall–Kier alpha value is -1.62. The second-order valence-electron chi connectivity index (χ2n) is 4.38. The first-order valence-corrected chi connectivity index (χ1v) is 6.10. The molecule has 1 aromatic carbocycles. The molecule has 1 aromatic rings. The van der Waals surface area contributed by atoms with Crippen LogP contribution in [0.3, 0.4) is 0 Å². The average Bonchev–Trinajstić information content (AvgIpc) is 2.37. The van der Waals surface area contributed by atoms with Crippen LogP contribution in [0.4, 0.5) is 10.1 Å². The number of carbonyl (C=O) groups excluding carboxylic acids is 1. The number of nitrogens with one attached hydrogen (secondary N) is 1. The van der Waals surface area contributed by atoms with Gasteiger partial charge in [-0.15, -0.1) is 0 Å².